The van der Waals surface area contributed by atoms with Crippen molar-refractivity contribution in [3.05, 3.63) is 35.3 Å². The summed E-state index contributed by atoms with van der Waals surface area (Å²) in [4.78, 5) is 25.9. The van der Waals surface area contributed by atoms with E-state index in [1.165, 1.54) is 21.3 Å². The standard InChI is InChI=1S/C17H19F2N5O4S2/c18-15(19)16-21-22-17(29-16)20-13(25)6-7-14(26)23-8-10-24(11-9-23)30(27,28)12-4-2-1-3-5-12/h1-5,15H,6-11H2,(H,20,22,25). The van der Waals surface area contributed by atoms with Crippen LogP contribution in [0.5, 0.6) is 0 Å². The van der Waals surface area contributed by atoms with E-state index in [4.69, 9.17) is 0 Å². The Morgan fingerprint density at radius 2 is 1.73 bits per heavy atom. The third-order valence-electron chi connectivity index (χ3n) is 4.41. The summed E-state index contributed by atoms with van der Waals surface area (Å²) in [6.45, 7) is 0.772. The first-order chi connectivity index (χ1) is 14.3. The fourth-order valence-corrected chi connectivity index (χ4v) is 4.91. The number of nitrogens with one attached hydrogen (secondary N) is 1. The van der Waals surface area contributed by atoms with Crippen molar-refractivity contribution >= 4 is 38.3 Å². The van der Waals surface area contributed by atoms with E-state index in [1.807, 2.05) is 0 Å². The average molecular weight is 460 g/mol. The van der Waals surface area contributed by atoms with Crippen molar-refractivity contribution in [2.45, 2.75) is 24.2 Å². The maximum absolute atomic E-state index is 12.6. The molecule has 1 aromatic carbocycles. The van der Waals surface area contributed by atoms with Crippen molar-refractivity contribution in [3.63, 3.8) is 0 Å². The van der Waals surface area contributed by atoms with E-state index < -0.39 is 27.4 Å². The first-order valence-electron chi connectivity index (χ1n) is 9.02. The molecular weight excluding hydrogens is 440 g/mol. The first kappa shape index (κ1) is 22.2. The van der Waals surface area contributed by atoms with Crippen molar-refractivity contribution in [3.8, 4) is 0 Å². The molecule has 0 bridgehead atoms. The molecule has 2 heterocycles. The Balaban J connectivity index is 1.45. The van der Waals surface area contributed by atoms with Crippen LogP contribution in [0.1, 0.15) is 24.3 Å². The quantitative estimate of drug-likeness (QED) is 0.675. The number of hydrogen-bond donors (Lipinski definition) is 1. The van der Waals surface area contributed by atoms with Gasteiger partial charge in [-0.2, -0.15) is 4.31 Å². The summed E-state index contributed by atoms with van der Waals surface area (Å²) in [6.07, 6.45) is -3.00. The van der Waals surface area contributed by atoms with Gasteiger partial charge in [-0.05, 0) is 12.1 Å². The molecule has 3 rings (SSSR count). The van der Waals surface area contributed by atoms with Gasteiger partial charge in [-0.3, -0.25) is 9.59 Å². The number of carbonyl (C=O) groups excluding carboxylic acids is 2. The van der Waals surface area contributed by atoms with Gasteiger partial charge in [0.25, 0.3) is 6.43 Å². The zero-order valence-electron chi connectivity index (χ0n) is 15.7. The molecule has 0 atom stereocenters. The predicted molar refractivity (Wildman–Crippen MR) is 105 cm³/mol. The molecular formula is C17H19F2N5O4S2. The number of rotatable bonds is 7. The van der Waals surface area contributed by atoms with Crippen molar-refractivity contribution < 1.29 is 26.8 Å². The molecule has 1 aliphatic heterocycles. The lowest BCUT2D eigenvalue weighted by atomic mass is 10.2. The molecule has 0 radical (unpaired) electrons. The summed E-state index contributed by atoms with van der Waals surface area (Å²) in [7, 11) is -3.61. The van der Waals surface area contributed by atoms with Crippen LogP contribution >= 0.6 is 11.3 Å². The topological polar surface area (TPSA) is 113 Å². The van der Waals surface area contributed by atoms with Gasteiger partial charge in [-0.25, -0.2) is 17.2 Å². The van der Waals surface area contributed by atoms with Gasteiger partial charge in [0.15, 0.2) is 5.01 Å². The molecule has 2 aromatic rings. The molecule has 1 aliphatic rings. The number of sulfonamides is 1. The van der Waals surface area contributed by atoms with Gasteiger partial charge in [0.1, 0.15) is 0 Å². The smallest absolute Gasteiger partial charge is 0.291 e. The van der Waals surface area contributed by atoms with Crippen LogP contribution in [0.15, 0.2) is 35.2 Å². The second kappa shape index (κ2) is 9.53. The highest BCUT2D eigenvalue weighted by atomic mass is 32.2. The van der Waals surface area contributed by atoms with E-state index in [2.05, 4.69) is 15.5 Å². The highest BCUT2D eigenvalue weighted by molar-refractivity contribution is 7.89. The van der Waals surface area contributed by atoms with Crippen molar-refractivity contribution in [2.75, 3.05) is 31.5 Å². The number of halogens is 2. The maximum Gasteiger partial charge on any atom is 0.291 e. The van der Waals surface area contributed by atoms with Crippen LogP contribution in [0.3, 0.4) is 0 Å². The molecule has 1 fully saturated rings. The summed E-state index contributed by atoms with van der Waals surface area (Å²) in [6, 6.07) is 8.07. The highest BCUT2D eigenvalue weighted by Gasteiger charge is 2.30. The first-order valence-corrected chi connectivity index (χ1v) is 11.3. The number of nitrogens with zero attached hydrogens (tertiary/aromatic N) is 4. The SMILES string of the molecule is O=C(CCC(=O)N1CCN(S(=O)(=O)c2ccccc2)CC1)Nc1nnc(C(F)F)s1. The normalized spacial score (nSPS) is 15.4. The second-order valence-electron chi connectivity index (χ2n) is 6.39. The molecule has 30 heavy (non-hydrogen) atoms. The predicted octanol–water partition coefficient (Wildman–Crippen LogP) is 1.73. The van der Waals surface area contributed by atoms with Crippen LogP contribution in [-0.2, 0) is 19.6 Å². The number of benzene rings is 1. The number of hydrogen-bond acceptors (Lipinski definition) is 7. The van der Waals surface area contributed by atoms with Crippen molar-refractivity contribution in [1.29, 1.82) is 0 Å². The molecule has 13 heteroatoms. The van der Waals surface area contributed by atoms with Crippen molar-refractivity contribution in [1.82, 2.24) is 19.4 Å². The van der Waals surface area contributed by atoms with E-state index in [9.17, 15) is 26.8 Å². The van der Waals surface area contributed by atoms with Crippen LogP contribution < -0.4 is 5.32 Å². The van der Waals surface area contributed by atoms with Gasteiger partial charge in [-0.1, -0.05) is 29.5 Å². The third kappa shape index (κ3) is 5.34. The van der Waals surface area contributed by atoms with Gasteiger partial charge < -0.3 is 10.2 Å². The summed E-state index contributed by atoms with van der Waals surface area (Å²) in [5.41, 5.74) is 0. The van der Waals surface area contributed by atoms with Crippen LogP contribution in [0, 0.1) is 0 Å². The molecule has 1 aromatic heterocycles. The highest BCUT2D eigenvalue weighted by Crippen LogP contribution is 2.25. The van der Waals surface area contributed by atoms with Gasteiger partial charge in [-0.15, -0.1) is 10.2 Å². The Bertz CT molecular complexity index is 993. The lowest BCUT2D eigenvalue weighted by molar-refractivity contribution is -0.133. The molecule has 9 nitrogen and oxygen atoms in total. The lowest BCUT2D eigenvalue weighted by Crippen LogP contribution is -2.50. The van der Waals surface area contributed by atoms with Gasteiger partial charge in [0.05, 0.1) is 4.90 Å². The van der Waals surface area contributed by atoms with Crippen molar-refractivity contribution in [2.24, 2.45) is 0 Å². The fraction of sp³-hybridized carbons (Fsp3) is 0.412. The van der Waals surface area contributed by atoms with Gasteiger partial charge >= 0.3 is 0 Å². The zero-order chi connectivity index (χ0) is 21.7. The number of alkyl halides is 2. The minimum absolute atomic E-state index is 0.0533. The Kier molecular flexibility index (Phi) is 7.05. The largest absolute Gasteiger partial charge is 0.340 e. The molecule has 1 N–H and O–H groups in total. The van der Waals surface area contributed by atoms with Crippen LogP contribution in [0.2, 0.25) is 0 Å². The zero-order valence-corrected chi connectivity index (χ0v) is 17.3. The average Bonchev–Trinajstić information content (AvgIpc) is 3.21. The van der Waals surface area contributed by atoms with E-state index in [0.717, 1.165) is 0 Å². The number of carbonyl (C=O) groups is 2. The Labute approximate surface area is 175 Å². The lowest BCUT2D eigenvalue weighted by Gasteiger charge is -2.34. The van der Waals surface area contributed by atoms with E-state index >= 15 is 0 Å². The molecule has 0 spiro atoms. The number of amides is 2. The van der Waals surface area contributed by atoms with Gasteiger partial charge in [0, 0.05) is 39.0 Å². The monoisotopic (exact) mass is 459 g/mol. The summed E-state index contributed by atoms with van der Waals surface area (Å²) >= 11 is 0.570. The third-order valence-corrected chi connectivity index (χ3v) is 7.17. The number of anilines is 1. The minimum atomic E-state index is -3.61. The maximum atomic E-state index is 12.6. The summed E-state index contributed by atoms with van der Waals surface area (Å²) < 4.78 is 51.5. The van der Waals surface area contributed by atoms with Crippen LogP contribution in [-0.4, -0.2) is 65.8 Å². The Morgan fingerprint density at radius 3 is 2.33 bits per heavy atom. The molecule has 0 aliphatic carbocycles. The van der Waals surface area contributed by atoms with E-state index in [1.54, 1.807) is 18.2 Å². The van der Waals surface area contributed by atoms with Crippen LogP contribution in [0.4, 0.5) is 13.9 Å². The Morgan fingerprint density at radius 1 is 1.07 bits per heavy atom. The fourth-order valence-electron chi connectivity index (χ4n) is 2.85. The number of aromatic nitrogens is 2. The van der Waals surface area contributed by atoms with Crippen LogP contribution in [0.25, 0.3) is 0 Å². The molecule has 162 valence electrons. The molecule has 0 saturated carbocycles. The minimum Gasteiger partial charge on any atom is -0.340 e. The molecule has 2 amide bonds. The van der Waals surface area contributed by atoms with E-state index in [-0.39, 0.29) is 55.0 Å². The second-order valence-corrected chi connectivity index (χ2v) is 9.34. The molecule has 0 unspecified atom stereocenters. The summed E-state index contributed by atoms with van der Waals surface area (Å²) in [5.74, 6) is -0.821. The molecule has 1 saturated heterocycles. The number of piperazine rings is 1. The Hall–Kier alpha value is -2.51. The van der Waals surface area contributed by atoms with Gasteiger partial charge in [0.2, 0.25) is 27.0 Å². The van der Waals surface area contributed by atoms with E-state index in [0.29, 0.717) is 11.3 Å². The summed E-state index contributed by atoms with van der Waals surface area (Å²) in [5, 5.41) is 8.50.